The van der Waals surface area contributed by atoms with E-state index in [2.05, 4.69) is 26.6 Å². The second-order valence-electron chi connectivity index (χ2n) is 10.6. The second-order valence-corrected chi connectivity index (χ2v) is 12.7. The highest BCUT2D eigenvalue weighted by Crippen LogP contribution is 2.42. The van der Waals surface area contributed by atoms with E-state index < -0.39 is 0 Å². The van der Waals surface area contributed by atoms with Crippen LogP contribution in [0.1, 0.15) is 47.7 Å². The van der Waals surface area contributed by atoms with Crippen LogP contribution in [0.5, 0.6) is 0 Å². The molecule has 2 amide bonds. The highest BCUT2D eigenvalue weighted by atomic mass is 32.2. The van der Waals surface area contributed by atoms with Crippen molar-refractivity contribution >= 4 is 46.4 Å². The number of amides is 2. The summed E-state index contributed by atoms with van der Waals surface area (Å²) < 4.78 is 11.6. The van der Waals surface area contributed by atoms with Crippen molar-refractivity contribution < 1.29 is 14.3 Å². The number of aromatic nitrogens is 3. The number of aryl methyl sites for hydroxylation is 1. The van der Waals surface area contributed by atoms with Crippen LogP contribution in [0.4, 0.5) is 10.8 Å². The molecule has 0 bridgehead atoms. The molecule has 1 atom stereocenters. The summed E-state index contributed by atoms with van der Waals surface area (Å²) in [5, 5.41) is 4.83. The Morgan fingerprint density at radius 2 is 2.13 bits per heavy atom. The van der Waals surface area contributed by atoms with Crippen molar-refractivity contribution in [3.63, 3.8) is 0 Å². The minimum atomic E-state index is -0.142. The first-order valence-electron chi connectivity index (χ1n) is 13.0. The van der Waals surface area contributed by atoms with E-state index in [4.69, 9.17) is 4.74 Å². The van der Waals surface area contributed by atoms with E-state index in [0.717, 1.165) is 59.9 Å². The van der Waals surface area contributed by atoms with Crippen molar-refractivity contribution in [2.75, 3.05) is 37.0 Å². The third kappa shape index (κ3) is 6.63. The molecule has 3 aromatic rings. The number of pyridine rings is 1. The molecule has 1 saturated carbocycles. The maximum atomic E-state index is 13.6. The Bertz CT molecular complexity index is 1300. The molecule has 3 aromatic heterocycles. The Kier molecular flexibility index (Phi) is 8.27. The lowest BCUT2D eigenvalue weighted by molar-refractivity contribution is -0.107. The summed E-state index contributed by atoms with van der Waals surface area (Å²) in [6.45, 7) is 4.66. The van der Waals surface area contributed by atoms with Gasteiger partial charge in [-0.15, -0.1) is 11.3 Å². The molecule has 10 nitrogen and oxygen atoms in total. The van der Waals surface area contributed by atoms with Crippen LogP contribution in [0.15, 0.2) is 41.0 Å². The van der Waals surface area contributed by atoms with E-state index in [1.807, 2.05) is 31.4 Å². The smallest absolute Gasteiger partial charge is 0.256 e. The van der Waals surface area contributed by atoms with Crippen molar-refractivity contribution in [2.24, 2.45) is 7.05 Å². The van der Waals surface area contributed by atoms with Gasteiger partial charge in [-0.2, -0.15) is 5.10 Å². The van der Waals surface area contributed by atoms with Crippen molar-refractivity contribution in [3.8, 4) is 0 Å². The minimum Gasteiger partial charge on any atom is -0.380 e. The zero-order valence-electron chi connectivity index (χ0n) is 22.8. The average Bonchev–Trinajstić information content (AvgIpc) is 3.31. The molecular weight excluding hydrogens is 534 g/mol. The maximum Gasteiger partial charge on any atom is 0.256 e. The van der Waals surface area contributed by atoms with Gasteiger partial charge in [0.05, 0.1) is 28.6 Å². The van der Waals surface area contributed by atoms with Gasteiger partial charge in [0.15, 0.2) is 0 Å². The summed E-state index contributed by atoms with van der Waals surface area (Å²) >= 11 is 2.98. The summed E-state index contributed by atoms with van der Waals surface area (Å²) in [7, 11) is 5.36. The van der Waals surface area contributed by atoms with E-state index >= 15 is 0 Å². The van der Waals surface area contributed by atoms with Gasteiger partial charge in [-0.1, -0.05) is 6.07 Å². The molecule has 0 aromatic carbocycles. The lowest BCUT2D eigenvalue weighted by Gasteiger charge is -2.21. The summed E-state index contributed by atoms with van der Waals surface area (Å²) in [4.78, 5) is 36.1. The molecule has 208 valence electrons. The van der Waals surface area contributed by atoms with E-state index in [1.165, 1.54) is 23.3 Å². The quantitative estimate of drug-likeness (QED) is 0.261. The lowest BCUT2D eigenvalue weighted by Crippen LogP contribution is -2.28. The predicted molar refractivity (Wildman–Crippen MR) is 154 cm³/mol. The number of nitrogens with one attached hydrogen (secondary N) is 1. The maximum absolute atomic E-state index is 13.6. The van der Waals surface area contributed by atoms with Gasteiger partial charge in [-0.3, -0.25) is 19.0 Å². The van der Waals surface area contributed by atoms with Gasteiger partial charge in [-0.05, 0) is 55.8 Å². The summed E-state index contributed by atoms with van der Waals surface area (Å²) in [6.07, 6.45) is 9.73. The van der Waals surface area contributed by atoms with Gasteiger partial charge in [-0.25, -0.2) is 4.98 Å². The van der Waals surface area contributed by atoms with E-state index in [0.29, 0.717) is 23.7 Å². The van der Waals surface area contributed by atoms with Crippen LogP contribution in [0, 0.1) is 0 Å². The van der Waals surface area contributed by atoms with Crippen molar-refractivity contribution in [3.05, 3.63) is 53.5 Å². The SMILES string of the molecule is COC1CCN(c2ccc(CN(C=O)c3sc(SNC4(C)CC4)cc3C(=O)N(C)Cc3cnn(C)c3)cn2)C1. The fourth-order valence-corrected chi connectivity index (χ4v) is 6.63. The molecule has 12 heteroatoms. The Balaban J connectivity index is 1.34. The molecule has 1 saturated heterocycles. The van der Waals surface area contributed by atoms with Gasteiger partial charge >= 0.3 is 0 Å². The first-order chi connectivity index (χ1) is 18.8. The molecule has 1 N–H and O–H groups in total. The highest BCUT2D eigenvalue weighted by Gasteiger charge is 2.37. The molecule has 0 spiro atoms. The minimum absolute atomic E-state index is 0.131. The molecule has 2 fully saturated rings. The first kappa shape index (κ1) is 27.6. The Hall–Kier alpha value is -2.93. The zero-order chi connectivity index (χ0) is 27.6. The molecule has 1 aliphatic carbocycles. The largest absolute Gasteiger partial charge is 0.380 e. The highest BCUT2D eigenvalue weighted by molar-refractivity contribution is 7.99. The standard InChI is InChI=1S/C27H35N7O3S2/c1-27(8-9-27)30-39-24-11-22(25(36)31(2)14-20-13-29-32(3)15-20)26(38-24)34(18-35)16-19-5-6-23(28-12-19)33-10-7-21(17-33)37-4/h5-6,11-13,15,18,21,30H,7-10,14,16-17H2,1-4H3. The number of anilines is 2. The number of rotatable bonds is 12. The Morgan fingerprint density at radius 3 is 2.74 bits per heavy atom. The monoisotopic (exact) mass is 569 g/mol. The number of ether oxygens (including phenoxy) is 1. The van der Waals surface area contributed by atoms with Gasteiger partial charge in [0, 0.05) is 64.3 Å². The van der Waals surface area contributed by atoms with Gasteiger partial charge < -0.3 is 19.4 Å². The predicted octanol–water partition coefficient (Wildman–Crippen LogP) is 3.69. The van der Waals surface area contributed by atoms with E-state index in [1.54, 1.807) is 41.0 Å². The van der Waals surface area contributed by atoms with Crippen molar-refractivity contribution in [1.29, 1.82) is 0 Å². The Labute approximate surface area is 237 Å². The van der Waals surface area contributed by atoms with Crippen LogP contribution >= 0.6 is 23.3 Å². The second kappa shape index (κ2) is 11.7. The third-order valence-electron chi connectivity index (χ3n) is 7.20. The number of hydrogen-bond acceptors (Lipinski definition) is 9. The van der Waals surface area contributed by atoms with Gasteiger partial charge in [0.25, 0.3) is 5.91 Å². The third-order valence-corrected chi connectivity index (χ3v) is 9.58. The lowest BCUT2D eigenvalue weighted by atomic mass is 10.2. The normalized spacial score (nSPS) is 17.8. The van der Waals surface area contributed by atoms with Gasteiger partial charge in [0.1, 0.15) is 10.8 Å². The molecule has 0 radical (unpaired) electrons. The number of carbonyl (C=O) groups excluding carboxylic acids is 2. The average molecular weight is 570 g/mol. The summed E-state index contributed by atoms with van der Waals surface area (Å²) in [6, 6.07) is 5.87. The summed E-state index contributed by atoms with van der Waals surface area (Å²) in [5.74, 6) is 0.759. The van der Waals surface area contributed by atoms with Crippen LogP contribution in [0.25, 0.3) is 0 Å². The molecule has 39 heavy (non-hydrogen) atoms. The Morgan fingerprint density at radius 1 is 1.31 bits per heavy atom. The molecule has 1 unspecified atom stereocenters. The number of nitrogens with zero attached hydrogens (tertiary/aromatic N) is 6. The molecule has 1 aliphatic heterocycles. The molecule has 5 rings (SSSR count). The van der Waals surface area contributed by atoms with E-state index in [-0.39, 0.29) is 17.6 Å². The van der Waals surface area contributed by atoms with Crippen molar-refractivity contribution in [2.45, 2.75) is 55.1 Å². The fraction of sp³-hybridized carbons (Fsp3) is 0.481. The molecule has 2 aliphatic rings. The van der Waals surface area contributed by atoms with Crippen molar-refractivity contribution in [1.82, 2.24) is 24.4 Å². The van der Waals surface area contributed by atoms with Crippen LogP contribution in [0.2, 0.25) is 0 Å². The van der Waals surface area contributed by atoms with E-state index in [9.17, 15) is 9.59 Å². The molecular formula is C27H35N7O3S2. The zero-order valence-corrected chi connectivity index (χ0v) is 24.4. The molecule has 4 heterocycles. The van der Waals surface area contributed by atoms with Gasteiger partial charge in [0.2, 0.25) is 6.41 Å². The first-order valence-corrected chi connectivity index (χ1v) is 14.7. The van der Waals surface area contributed by atoms with Crippen LogP contribution < -0.4 is 14.5 Å². The summed E-state index contributed by atoms with van der Waals surface area (Å²) in [5.41, 5.74) is 2.47. The number of methoxy groups -OCH3 is 1. The fourth-order valence-electron chi connectivity index (χ4n) is 4.52. The topological polar surface area (TPSA) is 95.8 Å². The van der Waals surface area contributed by atoms with Crippen LogP contribution in [0.3, 0.4) is 0 Å². The number of carbonyl (C=O) groups is 2. The van der Waals surface area contributed by atoms with Crippen LogP contribution in [-0.4, -0.2) is 70.9 Å². The number of thiophene rings is 1. The van der Waals surface area contributed by atoms with Crippen LogP contribution in [-0.2, 0) is 29.7 Å². The number of hydrogen-bond donors (Lipinski definition) is 1.